The third-order valence-corrected chi connectivity index (χ3v) is 2.22. The Bertz CT molecular complexity index is 466. The summed E-state index contributed by atoms with van der Waals surface area (Å²) in [7, 11) is 2.72. The molecule has 92 valence electrons. The predicted molar refractivity (Wildman–Crippen MR) is 60.8 cm³/mol. The largest absolute Gasteiger partial charge is 0.493 e. The lowest BCUT2D eigenvalue weighted by molar-refractivity contribution is -0.132. The van der Waals surface area contributed by atoms with E-state index in [4.69, 9.17) is 14.6 Å². The molecule has 0 bridgehead atoms. The summed E-state index contributed by atoms with van der Waals surface area (Å²) < 4.78 is 23.7. The number of aliphatic carboxylic acids is 1. The van der Waals surface area contributed by atoms with Crippen LogP contribution >= 0.6 is 0 Å². The topological polar surface area (TPSA) is 55.8 Å². The van der Waals surface area contributed by atoms with Gasteiger partial charge in [-0.05, 0) is 25.1 Å². The van der Waals surface area contributed by atoms with Gasteiger partial charge in [-0.25, -0.2) is 9.18 Å². The van der Waals surface area contributed by atoms with Crippen molar-refractivity contribution in [3.8, 4) is 11.5 Å². The molecule has 0 saturated heterocycles. The van der Waals surface area contributed by atoms with Crippen molar-refractivity contribution in [2.45, 2.75) is 6.92 Å². The summed E-state index contributed by atoms with van der Waals surface area (Å²) in [6.07, 6.45) is 1.24. The number of carboxylic acid groups (broad SMARTS) is 1. The highest BCUT2D eigenvalue weighted by atomic mass is 19.1. The van der Waals surface area contributed by atoms with Gasteiger partial charge < -0.3 is 14.6 Å². The van der Waals surface area contributed by atoms with Crippen molar-refractivity contribution in [1.82, 2.24) is 0 Å². The van der Waals surface area contributed by atoms with Crippen LogP contribution in [0.3, 0.4) is 0 Å². The van der Waals surface area contributed by atoms with E-state index < -0.39 is 11.8 Å². The van der Waals surface area contributed by atoms with Crippen LogP contribution in [-0.2, 0) is 4.79 Å². The first-order valence-electron chi connectivity index (χ1n) is 4.83. The van der Waals surface area contributed by atoms with Gasteiger partial charge in [0.2, 0.25) is 0 Å². The van der Waals surface area contributed by atoms with Gasteiger partial charge in [-0.1, -0.05) is 0 Å². The number of methoxy groups -OCH3 is 2. The van der Waals surface area contributed by atoms with E-state index in [2.05, 4.69) is 0 Å². The van der Waals surface area contributed by atoms with Gasteiger partial charge in [-0.15, -0.1) is 0 Å². The molecule has 1 aromatic rings. The van der Waals surface area contributed by atoms with E-state index in [1.54, 1.807) is 0 Å². The zero-order valence-electron chi connectivity index (χ0n) is 9.78. The second kappa shape index (κ2) is 5.34. The van der Waals surface area contributed by atoms with Crippen LogP contribution in [0.1, 0.15) is 12.5 Å². The quantitative estimate of drug-likeness (QED) is 0.820. The van der Waals surface area contributed by atoms with Crippen LogP contribution in [0.5, 0.6) is 11.5 Å². The second-order valence-corrected chi connectivity index (χ2v) is 3.34. The lowest BCUT2D eigenvalue weighted by Crippen LogP contribution is -1.98. The van der Waals surface area contributed by atoms with Crippen molar-refractivity contribution in [3.63, 3.8) is 0 Å². The molecule has 0 radical (unpaired) electrons. The predicted octanol–water partition coefficient (Wildman–Crippen LogP) is 2.33. The van der Waals surface area contributed by atoms with Gasteiger partial charge in [-0.3, -0.25) is 0 Å². The molecule has 0 spiro atoms. The first-order valence-corrected chi connectivity index (χ1v) is 4.83. The van der Waals surface area contributed by atoms with Gasteiger partial charge >= 0.3 is 5.97 Å². The summed E-state index contributed by atoms with van der Waals surface area (Å²) >= 11 is 0. The molecule has 0 fully saturated rings. The summed E-state index contributed by atoms with van der Waals surface area (Å²) in [6, 6.07) is 2.95. The molecule has 1 N–H and O–H groups in total. The molecule has 17 heavy (non-hydrogen) atoms. The third kappa shape index (κ3) is 2.75. The normalized spacial score (nSPS) is 11.2. The number of carbonyl (C=O) groups is 1. The zero-order valence-corrected chi connectivity index (χ0v) is 9.78. The van der Waals surface area contributed by atoms with Crippen LogP contribution in [0, 0.1) is 5.82 Å². The summed E-state index contributed by atoms with van der Waals surface area (Å²) in [5.41, 5.74) is 0.179. The van der Waals surface area contributed by atoms with Crippen LogP contribution in [0.25, 0.3) is 6.08 Å². The van der Waals surface area contributed by atoms with Crippen LogP contribution < -0.4 is 9.47 Å². The third-order valence-electron chi connectivity index (χ3n) is 2.22. The molecule has 0 aliphatic rings. The van der Waals surface area contributed by atoms with Crippen molar-refractivity contribution in [2.24, 2.45) is 0 Å². The van der Waals surface area contributed by atoms with Gasteiger partial charge in [0.25, 0.3) is 0 Å². The maximum absolute atomic E-state index is 13.9. The Morgan fingerprint density at radius 3 is 2.47 bits per heavy atom. The molecule has 0 aliphatic carbocycles. The average Bonchev–Trinajstić information content (AvgIpc) is 2.31. The highest BCUT2D eigenvalue weighted by molar-refractivity contribution is 5.91. The molecular formula is C12H13FO4. The minimum atomic E-state index is -1.10. The molecule has 0 saturated carbocycles. The summed E-state index contributed by atoms with van der Waals surface area (Å²) in [5, 5.41) is 8.71. The molecule has 1 aromatic carbocycles. The Morgan fingerprint density at radius 1 is 1.35 bits per heavy atom. The van der Waals surface area contributed by atoms with E-state index in [1.807, 2.05) is 0 Å². The van der Waals surface area contributed by atoms with Crippen LogP contribution in [0.15, 0.2) is 17.7 Å². The Kier molecular flexibility index (Phi) is 4.09. The lowest BCUT2D eigenvalue weighted by Gasteiger charge is -2.10. The minimum absolute atomic E-state index is 0.0381. The van der Waals surface area contributed by atoms with Crippen LogP contribution in [0.2, 0.25) is 0 Å². The molecule has 0 aromatic heterocycles. The number of hydrogen-bond donors (Lipinski definition) is 1. The van der Waals surface area contributed by atoms with E-state index in [1.165, 1.54) is 39.4 Å². The molecule has 1 rings (SSSR count). The van der Waals surface area contributed by atoms with Crippen molar-refractivity contribution in [1.29, 1.82) is 0 Å². The maximum atomic E-state index is 13.9. The van der Waals surface area contributed by atoms with Gasteiger partial charge in [0.05, 0.1) is 14.2 Å². The van der Waals surface area contributed by atoms with Crippen LogP contribution in [0.4, 0.5) is 4.39 Å². The fourth-order valence-electron chi connectivity index (χ4n) is 1.31. The first kappa shape index (κ1) is 13.0. The van der Waals surface area contributed by atoms with Gasteiger partial charge in [0.15, 0.2) is 17.3 Å². The number of ether oxygens (including phenoxy) is 2. The fraction of sp³-hybridized carbons (Fsp3) is 0.250. The molecule has 0 heterocycles. The Hall–Kier alpha value is -2.04. The molecule has 0 amide bonds. The monoisotopic (exact) mass is 240 g/mol. The van der Waals surface area contributed by atoms with Gasteiger partial charge in [0, 0.05) is 11.1 Å². The molecule has 0 atom stereocenters. The van der Waals surface area contributed by atoms with E-state index in [9.17, 15) is 9.18 Å². The molecule has 0 aliphatic heterocycles. The Morgan fingerprint density at radius 2 is 2.00 bits per heavy atom. The molecular weight excluding hydrogens is 227 g/mol. The standard InChI is InChI=1S/C12H13FO4/c1-7(12(14)15)6-8-4-5-9(16-2)11(17-3)10(8)13/h4-6H,1-3H3,(H,14,15). The van der Waals surface area contributed by atoms with Crippen molar-refractivity contribution in [3.05, 3.63) is 29.1 Å². The smallest absolute Gasteiger partial charge is 0.331 e. The number of carboxylic acids is 1. The summed E-state index contributed by atoms with van der Waals surface area (Å²) in [4.78, 5) is 10.6. The molecule has 4 nitrogen and oxygen atoms in total. The zero-order chi connectivity index (χ0) is 13.0. The maximum Gasteiger partial charge on any atom is 0.331 e. The van der Waals surface area contributed by atoms with Crippen LogP contribution in [-0.4, -0.2) is 25.3 Å². The van der Waals surface area contributed by atoms with E-state index >= 15 is 0 Å². The molecule has 5 heteroatoms. The Balaban J connectivity index is 3.29. The minimum Gasteiger partial charge on any atom is -0.493 e. The summed E-state index contributed by atoms with van der Waals surface area (Å²) in [5.74, 6) is -1.53. The summed E-state index contributed by atoms with van der Waals surface area (Å²) in [6.45, 7) is 1.39. The van der Waals surface area contributed by atoms with E-state index in [0.717, 1.165) is 0 Å². The molecule has 0 unspecified atom stereocenters. The van der Waals surface area contributed by atoms with E-state index in [-0.39, 0.29) is 22.6 Å². The lowest BCUT2D eigenvalue weighted by atomic mass is 10.1. The second-order valence-electron chi connectivity index (χ2n) is 3.34. The van der Waals surface area contributed by atoms with Crippen molar-refractivity contribution >= 4 is 12.0 Å². The van der Waals surface area contributed by atoms with Gasteiger partial charge in [-0.2, -0.15) is 0 Å². The van der Waals surface area contributed by atoms with E-state index in [0.29, 0.717) is 0 Å². The van der Waals surface area contributed by atoms with Crippen molar-refractivity contribution < 1.29 is 23.8 Å². The SMILES string of the molecule is COc1ccc(C=C(C)C(=O)O)c(F)c1OC. The average molecular weight is 240 g/mol. The number of benzene rings is 1. The number of hydrogen-bond acceptors (Lipinski definition) is 3. The fourth-order valence-corrected chi connectivity index (χ4v) is 1.31. The Labute approximate surface area is 98.3 Å². The number of rotatable bonds is 4. The van der Waals surface area contributed by atoms with Crippen molar-refractivity contribution in [2.75, 3.05) is 14.2 Å². The highest BCUT2D eigenvalue weighted by Gasteiger charge is 2.14. The first-order chi connectivity index (χ1) is 8.01. The number of halogens is 1. The highest BCUT2D eigenvalue weighted by Crippen LogP contribution is 2.32. The van der Waals surface area contributed by atoms with Gasteiger partial charge in [0.1, 0.15) is 0 Å².